The maximum atomic E-state index is 11.8. The van der Waals surface area contributed by atoms with Crippen molar-refractivity contribution in [3.05, 3.63) is 24.0 Å². The number of carbonyl (C=O) groups excluding carboxylic acids is 1. The van der Waals surface area contributed by atoms with E-state index in [2.05, 4.69) is 15.6 Å². The molecule has 1 atom stereocenters. The van der Waals surface area contributed by atoms with Crippen molar-refractivity contribution in [3.8, 4) is 0 Å². The number of morpholine rings is 1. The summed E-state index contributed by atoms with van der Waals surface area (Å²) in [4.78, 5) is 15.9. The average Bonchev–Trinajstić information content (AvgIpc) is 2.33. The minimum absolute atomic E-state index is 0.0271. The summed E-state index contributed by atoms with van der Waals surface area (Å²) < 4.78 is 5.48. The average molecular weight is 235 g/mol. The van der Waals surface area contributed by atoms with E-state index >= 15 is 0 Å². The number of carbonyl (C=O) groups is 1. The molecular weight excluding hydrogens is 218 g/mol. The van der Waals surface area contributed by atoms with Crippen LogP contribution in [0.4, 0.5) is 5.69 Å². The van der Waals surface area contributed by atoms with Crippen LogP contribution in [0.15, 0.2) is 18.3 Å². The van der Waals surface area contributed by atoms with E-state index in [1.54, 1.807) is 12.3 Å². The molecule has 1 aliphatic heterocycles. The lowest BCUT2D eigenvalue weighted by atomic mass is 10.2. The number of nitrogens with one attached hydrogen (secondary N) is 2. The first kappa shape index (κ1) is 12.0. The molecule has 1 aromatic rings. The number of rotatable bonds is 3. The highest BCUT2D eigenvalue weighted by Crippen LogP contribution is 2.11. The number of amides is 1. The van der Waals surface area contributed by atoms with Crippen LogP contribution in [-0.4, -0.2) is 36.7 Å². The smallest absolute Gasteiger partial charge is 0.227 e. The number of hydrogen-bond acceptors (Lipinski definition) is 4. The van der Waals surface area contributed by atoms with Crippen molar-refractivity contribution < 1.29 is 9.53 Å². The van der Waals surface area contributed by atoms with Gasteiger partial charge in [-0.2, -0.15) is 0 Å². The summed E-state index contributed by atoms with van der Waals surface area (Å²) in [5.74, 6) is -0.0326. The molecule has 0 spiro atoms. The Morgan fingerprint density at radius 1 is 1.71 bits per heavy atom. The Labute approximate surface area is 101 Å². The number of aryl methyl sites for hydroxylation is 1. The molecule has 1 aromatic heterocycles. The number of ether oxygens (including phenoxy) is 1. The van der Waals surface area contributed by atoms with Crippen LogP contribution in [0.5, 0.6) is 0 Å². The summed E-state index contributed by atoms with van der Waals surface area (Å²) in [5, 5.41) is 6.05. The Kier molecular flexibility index (Phi) is 4.06. The summed E-state index contributed by atoms with van der Waals surface area (Å²) in [7, 11) is 0. The third-order valence-corrected chi connectivity index (χ3v) is 2.70. The van der Waals surface area contributed by atoms with Crippen LogP contribution in [0, 0.1) is 6.92 Å². The van der Waals surface area contributed by atoms with Crippen molar-refractivity contribution in [1.82, 2.24) is 10.3 Å². The predicted octanol–water partition coefficient (Wildman–Crippen LogP) is 0.707. The number of pyridine rings is 1. The molecule has 17 heavy (non-hydrogen) atoms. The molecule has 1 unspecified atom stereocenters. The Morgan fingerprint density at radius 2 is 2.59 bits per heavy atom. The van der Waals surface area contributed by atoms with Gasteiger partial charge in [-0.1, -0.05) is 0 Å². The van der Waals surface area contributed by atoms with Gasteiger partial charge in [0.25, 0.3) is 0 Å². The molecule has 2 N–H and O–H groups in total. The predicted molar refractivity (Wildman–Crippen MR) is 64.8 cm³/mol. The monoisotopic (exact) mass is 235 g/mol. The first-order chi connectivity index (χ1) is 8.25. The van der Waals surface area contributed by atoms with Gasteiger partial charge in [0, 0.05) is 19.3 Å². The van der Waals surface area contributed by atoms with Gasteiger partial charge < -0.3 is 15.4 Å². The summed E-state index contributed by atoms with van der Waals surface area (Å²) in [6.07, 6.45) is 2.06. The lowest BCUT2D eigenvalue weighted by Crippen LogP contribution is -2.40. The van der Waals surface area contributed by atoms with Crippen molar-refractivity contribution in [2.24, 2.45) is 0 Å². The maximum Gasteiger partial charge on any atom is 0.227 e. The third-order valence-electron chi connectivity index (χ3n) is 2.70. The SMILES string of the molecule is Cc1ncccc1NC(=O)CC1CNCCO1. The van der Waals surface area contributed by atoms with Gasteiger partial charge in [0.05, 0.1) is 30.5 Å². The van der Waals surface area contributed by atoms with Gasteiger partial charge in [0.15, 0.2) is 0 Å². The third kappa shape index (κ3) is 3.51. The van der Waals surface area contributed by atoms with Crippen molar-refractivity contribution in [2.45, 2.75) is 19.4 Å². The van der Waals surface area contributed by atoms with E-state index in [0.717, 1.165) is 24.5 Å². The minimum atomic E-state index is -0.0326. The Morgan fingerprint density at radius 3 is 3.29 bits per heavy atom. The topological polar surface area (TPSA) is 63.2 Å². The van der Waals surface area contributed by atoms with E-state index < -0.39 is 0 Å². The molecule has 5 nitrogen and oxygen atoms in total. The lowest BCUT2D eigenvalue weighted by molar-refractivity contribution is -0.119. The molecule has 1 fully saturated rings. The molecule has 2 heterocycles. The largest absolute Gasteiger partial charge is 0.375 e. The number of anilines is 1. The van der Waals surface area contributed by atoms with E-state index in [-0.39, 0.29) is 12.0 Å². The fourth-order valence-electron chi connectivity index (χ4n) is 1.78. The highest BCUT2D eigenvalue weighted by Gasteiger charge is 2.17. The zero-order chi connectivity index (χ0) is 12.1. The normalized spacial score (nSPS) is 19.9. The van der Waals surface area contributed by atoms with Gasteiger partial charge in [-0.25, -0.2) is 0 Å². The fourth-order valence-corrected chi connectivity index (χ4v) is 1.78. The molecule has 5 heteroatoms. The van der Waals surface area contributed by atoms with Crippen molar-refractivity contribution in [1.29, 1.82) is 0 Å². The van der Waals surface area contributed by atoms with Gasteiger partial charge in [0.1, 0.15) is 0 Å². The van der Waals surface area contributed by atoms with Crippen molar-refractivity contribution >= 4 is 11.6 Å². The standard InChI is InChI=1S/C12H17N3O2/c1-9-11(3-2-4-14-9)15-12(16)7-10-8-13-5-6-17-10/h2-4,10,13H,5-8H2,1H3,(H,15,16). The minimum Gasteiger partial charge on any atom is -0.375 e. The highest BCUT2D eigenvalue weighted by molar-refractivity contribution is 5.91. The zero-order valence-electron chi connectivity index (χ0n) is 9.90. The molecular formula is C12H17N3O2. The van der Waals surface area contributed by atoms with Crippen LogP contribution < -0.4 is 10.6 Å². The Hall–Kier alpha value is -1.46. The maximum absolute atomic E-state index is 11.8. The number of nitrogens with zero attached hydrogens (tertiary/aromatic N) is 1. The van der Waals surface area contributed by atoms with Gasteiger partial charge in [0.2, 0.25) is 5.91 Å². The van der Waals surface area contributed by atoms with Crippen LogP contribution in [-0.2, 0) is 9.53 Å². The highest BCUT2D eigenvalue weighted by atomic mass is 16.5. The lowest BCUT2D eigenvalue weighted by Gasteiger charge is -2.23. The van der Waals surface area contributed by atoms with E-state index in [4.69, 9.17) is 4.74 Å². The van der Waals surface area contributed by atoms with E-state index in [1.807, 2.05) is 13.0 Å². The first-order valence-electron chi connectivity index (χ1n) is 5.79. The summed E-state index contributed by atoms with van der Waals surface area (Å²) in [6, 6.07) is 3.65. The zero-order valence-corrected chi connectivity index (χ0v) is 9.90. The van der Waals surface area contributed by atoms with Crippen LogP contribution in [0.2, 0.25) is 0 Å². The van der Waals surface area contributed by atoms with Crippen LogP contribution in [0.1, 0.15) is 12.1 Å². The van der Waals surface area contributed by atoms with E-state index in [0.29, 0.717) is 13.0 Å². The summed E-state index contributed by atoms with van der Waals surface area (Å²) >= 11 is 0. The van der Waals surface area contributed by atoms with Crippen molar-refractivity contribution in [2.75, 3.05) is 25.0 Å². The Balaban J connectivity index is 1.86. The summed E-state index contributed by atoms with van der Waals surface area (Å²) in [5.41, 5.74) is 1.59. The molecule has 0 bridgehead atoms. The van der Waals surface area contributed by atoms with E-state index in [9.17, 15) is 4.79 Å². The molecule has 1 aliphatic rings. The molecule has 0 aromatic carbocycles. The van der Waals surface area contributed by atoms with Gasteiger partial charge >= 0.3 is 0 Å². The number of hydrogen-bond donors (Lipinski definition) is 2. The van der Waals surface area contributed by atoms with Gasteiger partial charge in [-0.3, -0.25) is 9.78 Å². The summed E-state index contributed by atoms with van der Waals surface area (Å²) in [6.45, 7) is 4.14. The fraction of sp³-hybridized carbons (Fsp3) is 0.500. The molecule has 1 amide bonds. The second kappa shape index (κ2) is 5.75. The molecule has 0 radical (unpaired) electrons. The van der Waals surface area contributed by atoms with E-state index in [1.165, 1.54) is 0 Å². The first-order valence-corrected chi connectivity index (χ1v) is 5.79. The van der Waals surface area contributed by atoms with Crippen LogP contribution >= 0.6 is 0 Å². The molecule has 0 saturated carbocycles. The van der Waals surface area contributed by atoms with Gasteiger partial charge in [-0.15, -0.1) is 0 Å². The van der Waals surface area contributed by atoms with Gasteiger partial charge in [-0.05, 0) is 19.1 Å². The number of aromatic nitrogens is 1. The second-order valence-corrected chi connectivity index (χ2v) is 4.09. The Bertz CT molecular complexity index is 389. The quantitative estimate of drug-likeness (QED) is 0.810. The molecule has 92 valence electrons. The molecule has 2 rings (SSSR count). The molecule has 0 aliphatic carbocycles. The van der Waals surface area contributed by atoms with Crippen molar-refractivity contribution in [3.63, 3.8) is 0 Å². The van der Waals surface area contributed by atoms with Crippen LogP contribution in [0.3, 0.4) is 0 Å². The van der Waals surface area contributed by atoms with Crippen LogP contribution in [0.25, 0.3) is 0 Å². The molecule has 1 saturated heterocycles. The second-order valence-electron chi connectivity index (χ2n) is 4.09.